The topological polar surface area (TPSA) is 77.1 Å². The van der Waals surface area contributed by atoms with Gasteiger partial charge < -0.3 is 19.2 Å². The van der Waals surface area contributed by atoms with E-state index in [0.717, 1.165) is 10.6 Å². The summed E-state index contributed by atoms with van der Waals surface area (Å²) >= 11 is 0. The van der Waals surface area contributed by atoms with Gasteiger partial charge in [0.1, 0.15) is 11.4 Å². The Balaban J connectivity index is 2.36. The van der Waals surface area contributed by atoms with Gasteiger partial charge in [0.25, 0.3) is 5.91 Å². The van der Waals surface area contributed by atoms with E-state index in [2.05, 4.69) is 39.2 Å². The third-order valence-electron chi connectivity index (χ3n) is 5.85. The van der Waals surface area contributed by atoms with Crippen LogP contribution in [0.1, 0.15) is 41.5 Å². The molecule has 2 atom stereocenters. The van der Waals surface area contributed by atoms with Crippen LogP contribution in [0.4, 0.5) is 10.5 Å². The molecule has 1 aliphatic rings. The van der Waals surface area contributed by atoms with Crippen LogP contribution in [-0.4, -0.2) is 56.6 Å². The summed E-state index contributed by atoms with van der Waals surface area (Å²) in [5.74, 6) is 0.269. The van der Waals surface area contributed by atoms with Crippen LogP contribution in [0.25, 0.3) is 0 Å². The summed E-state index contributed by atoms with van der Waals surface area (Å²) in [5, 5.41) is 3.47. The molecule has 1 aromatic carbocycles. The van der Waals surface area contributed by atoms with Gasteiger partial charge in [-0.3, -0.25) is 4.79 Å². The number of hydrogen-bond acceptors (Lipinski definition) is 6. The smallest absolute Gasteiger partial charge is 0.417 e. The first-order valence-corrected chi connectivity index (χ1v) is 13.8. The van der Waals surface area contributed by atoms with Gasteiger partial charge in [-0.2, -0.15) is 0 Å². The molecular formula is C24H38N2O5Si. The molecular weight excluding hydrogens is 424 g/mol. The molecule has 1 heterocycles. The minimum atomic E-state index is -2.08. The molecule has 2 amide bonds. The van der Waals surface area contributed by atoms with E-state index in [-0.39, 0.29) is 5.04 Å². The minimum absolute atomic E-state index is 0.0220. The summed E-state index contributed by atoms with van der Waals surface area (Å²) in [5.41, 5.74) is 0.0454. The summed E-state index contributed by atoms with van der Waals surface area (Å²) in [6.07, 6.45) is 2.48. The number of nitrogens with one attached hydrogen (secondary N) is 1. The lowest BCUT2D eigenvalue weighted by Crippen LogP contribution is -2.53. The standard InChI is InChI=1S/C24H38N2O5Si/c1-23(2,3)31-22(28)26-19(14-15-21(26)27)18(16-30-32(8,9)24(4,5)6)25-17-12-10-11-13-20(17)29-7/h10-15,18-19,25H,16H2,1-9H3/t18-,19-/m1/s1. The SMILES string of the molecule is COc1ccccc1N[C@H](CO[Si](C)(C)C(C)(C)C)[C@H]1C=CC(=O)N1C(=O)OC(C)(C)C. The molecule has 8 heteroatoms. The van der Waals surface area contributed by atoms with E-state index in [9.17, 15) is 9.59 Å². The number of methoxy groups -OCH3 is 1. The summed E-state index contributed by atoms with van der Waals surface area (Å²) in [7, 11) is -0.472. The van der Waals surface area contributed by atoms with Crippen molar-refractivity contribution in [3.63, 3.8) is 0 Å². The number of carbonyl (C=O) groups is 2. The number of imide groups is 1. The highest BCUT2D eigenvalue weighted by atomic mass is 28.4. The fraction of sp³-hybridized carbons (Fsp3) is 0.583. The van der Waals surface area contributed by atoms with Crippen molar-refractivity contribution < 1.29 is 23.5 Å². The Morgan fingerprint density at radius 1 is 1.16 bits per heavy atom. The number of amides is 2. The largest absolute Gasteiger partial charge is 0.495 e. The Hall–Kier alpha value is -2.32. The van der Waals surface area contributed by atoms with Gasteiger partial charge in [0.2, 0.25) is 0 Å². The molecule has 1 aliphatic heterocycles. The number of carbonyl (C=O) groups excluding carboxylic acids is 2. The minimum Gasteiger partial charge on any atom is -0.495 e. The third kappa shape index (κ3) is 6.35. The number of benzene rings is 1. The normalized spacial score (nSPS) is 18.0. The number of anilines is 1. The lowest BCUT2D eigenvalue weighted by molar-refractivity contribution is -0.125. The summed E-state index contributed by atoms with van der Waals surface area (Å²) < 4.78 is 17.5. The molecule has 0 unspecified atom stereocenters. The molecule has 2 rings (SSSR count). The first kappa shape index (κ1) is 25.9. The first-order chi connectivity index (χ1) is 14.7. The average molecular weight is 463 g/mol. The molecule has 0 spiro atoms. The molecule has 178 valence electrons. The van der Waals surface area contributed by atoms with Gasteiger partial charge in [0, 0.05) is 6.08 Å². The zero-order valence-corrected chi connectivity index (χ0v) is 21.8. The van der Waals surface area contributed by atoms with Crippen LogP contribution >= 0.6 is 0 Å². The van der Waals surface area contributed by atoms with E-state index in [1.165, 1.54) is 6.08 Å². The fourth-order valence-electron chi connectivity index (χ4n) is 3.03. The number of rotatable bonds is 7. The Labute approximate surface area is 193 Å². The predicted octanol–water partition coefficient (Wildman–Crippen LogP) is 5.20. The van der Waals surface area contributed by atoms with Crippen molar-refractivity contribution in [3.8, 4) is 5.75 Å². The zero-order valence-electron chi connectivity index (χ0n) is 20.8. The van der Waals surface area contributed by atoms with Crippen LogP contribution in [0.15, 0.2) is 36.4 Å². The van der Waals surface area contributed by atoms with Crippen LogP contribution in [-0.2, 0) is 14.0 Å². The highest BCUT2D eigenvalue weighted by molar-refractivity contribution is 6.74. The van der Waals surface area contributed by atoms with Crippen LogP contribution in [0.3, 0.4) is 0 Å². The predicted molar refractivity (Wildman–Crippen MR) is 130 cm³/mol. The summed E-state index contributed by atoms with van der Waals surface area (Å²) in [6.45, 7) is 16.5. The van der Waals surface area contributed by atoms with Gasteiger partial charge in [-0.15, -0.1) is 0 Å². The fourth-order valence-corrected chi connectivity index (χ4v) is 4.06. The van der Waals surface area contributed by atoms with Crippen molar-refractivity contribution >= 4 is 26.0 Å². The van der Waals surface area contributed by atoms with Crippen LogP contribution in [0.5, 0.6) is 5.75 Å². The van der Waals surface area contributed by atoms with E-state index >= 15 is 0 Å². The van der Waals surface area contributed by atoms with E-state index in [4.69, 9.17) is 13.9 Å². The van der Waals surface area contributed by atoms with Crippen molar-refractivity contribution in [2.24, 2.45) is 0 Å². The van der Waals surface area contributed by atoms with Crippen LogP contribution in [0, 0.1) is 0 Å². The lowest BCUT2D eigenvalue weighted by Gasteiger charge is -2.39. The Kier molecular flexibility index (Phi) is 7.83. The molecule has 1 aromatic rings. The van der Waals surface area contributed by atoms with Crippen molar-refractivity contribution in [1.29, 1.82) is 0 Å². The molecule has 0 bridgehead atoms. The Bertz CT molecular complexity index is 855. The molecule has 0 saturated heterocycles. The maximum atomic E-state index is 12.9. The molecule has 1 N–H and O–H groups in total. The lowest BCUT2D eigenvalue weighted by atomic mass is 10.1. The van der Waals surface area contributed by atoms with E-state index < -0.39 is 38.0 Å². The molecule has 0 radical (unpaired) electrons. The highest BCUT2D eigenvalue weighted by Crippen LogP contribution is 2.37. The van der Waals surface area contributed by atoms with Gasteiger partial charge in [-0.05, 0) is 51.0 Å². The number of para-hydroxylation sites is 2. The second kappa shape index (κ2) is 9.66. The van der Waals surface area contributed by atoms with Gasteiger partial charge in [0.15, 0.2) is 8.32 Å². The zero-order chi connectivity index (χ0) is 24.3. The van der Waals surface area contributed by atoms with Crippen molar-refractivity contribution in [2.75, 3.05) is 19.0 Å². The first-order valence-electron chi connectivity index (χ1n) is 10.9. The average Bonchev–Trinajstić information content (AvgIpc) is 3.04. The molecule has 0 fully saturated rings. The summed E-state index contributed by atoms with van der Waals surface area (Å²) in [4.78, 5) is 26.6. The molecule has 0 aliphatic carbocycles. The monoisotopic (exact) mass is 462 g/mol. The molecule has 7 nitrogen and oxygen atoms in total. The third-order valence-corrected chi connectivity index (χ3v) is 10.4. The van der Waals surface area contributed by atoms with Crippen LogP contribution < -0.4 is 10.1 Å². The van der Waals surface area contributed by atoms with Gasteiger partial charge in [-0.1, -0.05) is 39.0 Å². The number of ether oxygens (including phenoxy) is 2. The number of nitrogens with zero attached hydrogens (tertiary/aromatic N) is 1. The second-order valence-electron chi connectivity index (χ2n) is 10.6. The van der Waals surface area contributed by atoms with E-state index in [0.29, 0.717) is 12.4 Å². The van der Waals surface area contributed by atoms with Crippen molar-refractivity contribution in [3.05, 3.63) is 36.4 Å². The van der Waals surface area contributed by atoms with E-state index in [1.54, 1.807) is 34.0 Å². The van der Waals surface area contributed by atoms with E-state index in [1.807, 2.05) is 24.3 Å². The quantitative estimate of drug-likeness (QED) is 0.561. The van der Waals surface area contributed by atoms with Crippen molar-refractivity contribution in [1.82, 2.24) is 4.90 Å². The highest BCUT2D eigenvalue weighted by Gasteiger charge is 2.42. The summed E-state index contributed by atoms with van der Waals surface area (Å²) in [6, 6.07) is 6.59. The van der Waals surface area contributed by atoms with Gasteiger partial charge in [-0.25, -0.2) is 9.69 Å². The maximum Gasteiger partial charge on any atom is 0.417 e. The Morgan fingerprint density at radius 3 is 2.34 bits per heavy atom. The van der Waals surface area contributed by atoms with Gasteiger partial charge in [0.05, 0.1) is 31.5 Å². The number of hydrogen-bond donors (Lipinski definition) is 1. The van der Waals surface area contributed by atoms with Crippen LogP contribution in [0.2, 0.25) is 18.1 Å². The van der Waals surface area contributed by atoms with Gasteiger partial charge >= 0.3 is 6.09 Å². The molecule has 0 saturated carbocycles. The molecule has 32 heavy (non-hydrogen) atoms. The van der Waals surface area contributed by atoms with Crippen molar-refractivity contribution in [2.45, 2.75) is 77.4 Å². The second-order valence-corrected chi connectivity index (χ2v) is 15.4. The maximum absolute atomic E-state index is 12.9. The Morgan fingerprint density at radius 2 is 1.78 bits per heavy atom. The molecule has 0 aromatic heterocycles.